The van der Waals surface area contributed by atoms with Gasteiger partial charge in [-0.3, -0.25) is 0 Å². The molecule has 5 nitrogen and oxygen atoms in total. The molecule has 362 valence electrons. The topological polar surface area (TPSA) is 59.4 Å². The SMILES string of the molecule is N#Cc1cccc(-c2cccc(-c3nc(-c4ccc(-n5c6ccc(-c7ccccc7)cc6c6cc(-c7ccc8c(c7)c7cc(-c9ccccc9)ccc7n8-c7ccccc7)ccc65)cc4)nc4c3ccc3ccccc34)c2)c1. The minimum absolute atomic E-state index is 0.626. The maximum atomic E-state index is 9.69. The third kappa shape index (κ3) is 7.54. The molecule has 0 saturated heterocycles. The number of nitriles is 1. The largest absolute Gasteiger partial charge is 0.309 e. The van der Waals surface area contributed by atoms with Crippen molar-refractivity contribution >= 4 is 65.3 Å². The first kappa shape index (κ1) is 44.8. The van der Waals surface area contributed by atoms with Crippen LogP contribution in [-0.4, -0.2) is 19.1 Å². The Labute approximate surface area is 450 Å². The molecule has 15 aromatic rings. The molecule has 0 saturated carbocycles. The van der Waals surface area contributed by atoms with E-state index in [4.69, 9.17) is 9.97 Å². The Kier molecular flexibility index (Phi) is 10.5. The lowest BCUT2D eigenvalue weighted by Gasteiger charge is -2.13. The zero-order valence-corrected chi connectivity index (χ0v) is 42.2. The summed E-state index contributed by atoms with van der Waals surface area (Å²) in [4.78, 5) is 10.7. The number of para-hydroxylation sites is 1. The van der Waals surface area contributed by atoms with E-state index in [-0.39, 0.29) is 0 Å². The summed E-state index contributed by atoms with van der Waals surface area (Å²) in [5.74, 6) is 0.650. The summed E-state index contributed by atoms with van der Waals surface area (Å²) in [6.45, 7) is 0. The Bertz CT molecular complexity index is 4890. The van der Waals surface area contributed by atoms with E-state index < -0.39 is 0 Å². The molecule has 0 spiro atoms. The van der Waals surface area contributed by atoms with Crippen molar-refractivity contribution < 1.29 is 0 Å². The zero-order chi connectivity index (χ0) is 51.7. The molecule has 0 radical (unpaired) electrons. The van der Waals surface area contributed by atoms with Crippen molar-refractivity contribution in [2.45, 2.75) is 0 Å². The molecule has 78 heavy (non-hydrogen) atoms. The number of hydrogen-bond acceptors (Lipinski definition) is 3. The van der Waals surface area contributed by atoms with Gasteiger partial charge in [0.2, 0.25) is 0 Å². The lowest BCUT2D eigenvalue weighted by molar-refractivity contribution is 1.17. The van der Waals surface area contributed by atoms with E-state index in [9.17, 15) is 5.26 Å². The quantitative estimate of drug-likeness (QED) is 0.143. The van der Waals surface area contributed by atoms with Gasteiger partial charge >= 0.3 is 0 Å². The van der Waals surface area contributed by atoms with Crippen molar-refractivity contribution in [2.75, 3.05) is 0 Å². The summed E-state index contributed by atoms with van der Waals surface area (Å²) in [5.41, 5.74) is 20.1. The van der Waals surface area contributed by atoms with Crippen molar-refractivity contribution in [1.29, 1.82) is 5.26 Å². The summed E-state index contributed by atoms with van der Waals surface area (Å²) in [7, 11) is 0. The molecular formula is C73H45N5. The molecule has 3 heterocycles. The first-order valence-electron chi connectivity index (χ1n) is 26.3. The minimum atomic E-state index is 0.626. The third-order valence-electron chi connectivity index (χ3n) is 15.5. The van der Waals surface area contributed by atoms with Crippen molar-refractivity contribution in [3.05, 3.63) is 279 Å². The Balaban J connectivity index is 0.873. The van der Waals surface area contributed by atoms with E-state index in [1.54, 1.807) is 0 Å². The van der Waals surface area contributed by atoms with Gasteiger partial charge in [-0.2, -0.15) is 5.26 Å². The number of nitrogens with zero attached hydrogens (tertiary/aromatic N) is 5. The van der Waals surface area contributed by atoms with Gasteiger partial charge in [-0.05, 0) is 159 Å². The van der Waals surface area contributed by atoms with Gasteiger partial charge < -0.3 is 9.13 Å². The van der Waals surface area contributed by atoms with Crippen molar-refractivity contribution in [3.63, 3.8) is 0 Å². The van der Waals surface area contributed by atoms with Gasteiger partial charge in [0.25, 0.3) is 0 Å². The zero-order valence-electron chi connectivity index (χ0n) is 42.2. The van der Waals surface area contributed by atoms with Crippen LogP contribution in [0.25, 0.3) is 144 Å². The van der Waals surface area contributed by atoms with Crippen LogP contribution < -0.4 is 0 Å². The van der Waals surface area contributed by atoms with Gasteiger partial charge in [-0.1, -0.05) is 164 Å². The smallest absolute Gasteiger partial charge is 0.160 e. The van der Waals surface area contributed by atoms with E-state index in [2.05, 4.69) is 264 Å². The van der Waals surface area contributed by atoms with Gasteiger partial charge in [0.1, 0.15) is 0 Å². The van der Waals surface area contributed by atoms with Crippen LogP contribution in [0.3, 0.4) is 0 Å². The van der Waals surface area contributed by atoms with Crippen molar-refractivity contribution in [2.24, 2.45) is 0 Å². The van der Waals surface area contributed by atoms with Gasteiger partial charge in [-0.15, -0.1) is 0 Å². The maximum absolute atomic E-state index is 9.69. The second-order valence-electron chi connectivity index (χ2n) is 20.1. The second kappa shape index (κ2) is 18.3. The Hall–Kier alpha value is -10.7. The third-order valence-corrected chi connectivity index (χ3v) is 15.5. The van der Waals surface area contributed by atoms with Crippen LogP contribution in [-0.2, 0) is 0 Å². The highest BCUT2D eigenvalue weighted by Crippen LogP contribution is 2.42. The predicted octanol–water partition coefficient (Wildman–Crippen LogP) is 18.9. The lowest BCUT2D eigenvalue weighted by atomic mass is 9.97. The number of benzene rings is 12. The van der Waals surface area contributed by atoms with Crippen LogP contribution in [0.15, 0.2) is 273 Å². The van der Waals surface area contributed by atoms with Crippen LogP contribution >= 0.6 is 0 Å². The van der Waals surface area contributed by atoms with E-state index >= 15 is 0 Å². The highest BCUT2D eigenvalue weighted by Gasteiger charge is 2.20. The molecule has 0 fully saturated rings. The molecular weight excluding hydrogens is 947 g/mol. The van der Waals surface area contributed by atoms with Gasteiger partial charge in [0.15, 0.2) is 5.82 Å². The fraction of sp³-hybridized carbons (Fsp3) is 0. The number of hydrogen-bond donors (Lipinski definition) is 0. The normalized spacial score (nSPS) is 11.6. The predicted molar refractivity (Wildman–Crippen MR) is 323 cm³/mol. The van der Waals surface area contributed by atoms with Crippen molar-refractivity contribution in [1.82, 2.24) is 19.1 Å². The van der Waals surface area contributed by atoms with Crippen LogP contribution in [0.2, 0.25) is 0 Å². The summed E-state index contributed by atoms with van der Waals surface area (Å²) in [6.07, 6.45) is 0. The van der Waals surface area contributed by atoms with E-state index in [1.165, 1.54) is 54.8 Å². The number of fused-ring (bicyclic) bond motifs is 9. The molecule has 0 bridgehead atoms. The fourth-order valence-electron chi connectivity index (χ4n) is 11.7. The molecule has 0 atom stereocenters. The second-order valence-corrected chi connectivity index (χ2v) is 20.1. The van der Waals surface area contributed by atoms with Crippen LogP contribution in [0.4, 0.5) is 0 Å². The molecule has 0 amide bonds. The van der Waals surface area contributed by atoms with Crippen LogP contribution in [0.5, 0.6) is 0 Å². The average molecular weight is 992 g/mol. The number of aromatic nitrogens is 4. The molecule has 15 rings (SSSR count). The average Bonchev–Trinajstić information content (AvgIpc) is 4.25. The fourth-order valence-corrected chi connectivity index (χ4v) is 11.7. The van der Waals surface area contributed by atoms with Crippen molar-refractivity contribution in [3.8, 4) is 84.6 Å². The summed E-state index contributed by atoms with van der Waals surface area (Å²) < 4.78 is 4.78. The van der Waals surface area contributed by atoms with Gasteiger partial charge in [0, 0.05) is 54.8 Å². The molecule has 0 aliphatic carbocycles. The minimum Gasteiger partial charge on any atom is -0.309 e. The first-order chi connectivity index (χ1) is 38.6. The Morgan fingerprint density at radius 3 is 1.28 bits per heavy atom. The molecule has 3 aromatic heterocycles. The number of rotatable bonds is 8. The molecule has 5 heteroatoms. The van der Waals surface area contributed by atoms with E-state index in [0.717, 1.165) is 83.2 Å². The lowest BCUT2D eigenvalue weighted by Crippen LogP contribution is -1.98. The van der Waals surface area contributed by atoms with Gasteiger partial charge in [-0.25, -0.2) is 9.97 Å². The summed E-state index contributed by atoms with van der Waals surface area (Å²) in [6, 6.07) is 99.6. The van der Waals surface area contributed by atoms with Crippen LogP contribution in [0.1, 0.15) is 5.56 Å². The van der Waals surface area contributed by atoms with E-state index in [0.29, 0.717) is 11.4 Å². The molecule has 0 unspecified atom stereocenters. The summed E-state index contributed by atoms with van der Waals surface area (Å²) >= 11 is 0. The monoisotopic (exact) mass is 991 g/mol. The Morgan fingerprint density at radius 2 is 0.718 bits per heavy atom. The Morgan fingerprint density at radius 1 is 0.282 bits per heavy atom. The standard InChI is InChI=1S/C73H45N5/c74-46-47-14-12-20-52(40-47)53-21-13-22-58(41-53)71-62-35-28-50-19-10-11-25-61(50)72(62)76-73(75-71)51-26-33-60(34-27-51)78-69-37-30-55(49-17-6-2-7-18-49)43-64(69)66-45-57(32-39-70(66)78)56-31-38-68-65(44-56)63-42-54(48-15-4-1-5-16-48)29-36-67(63)77(68)59-23-8-3-9-24-59/h1-45H. The van der Waals surface area contributed by atoms with Crippen LogP contribution in [0, 0.1) is 11.3 Å². The highest BCUT2D eigenvalue weighted by atomic mass is 15.0. The van der Waals surface area contributed by atoms with Gasteiger partial charge in [0.05, 0.1) is 44.9 Å². The summed E-state index contributed by atoms with van der Waals surface area (Å²) in [5, 5.41) is 17.7. The van der Waals surface area contributed by atoms with E-state index in [1.807, 2.05) is 24.3 Å². The maximum Gasteiger partial charge on any atom is 0.160 e. The highest BCUT2D eigenvalue weighted by molar-refractivity contribution is 6.14. The molecule has 0 aliphatic rings. The molecule has 0 N–H and O–H groups in total. The molecule has 12 aromatic carbocycles. The molecule has 0 aliphatic heterocycles. The first-order valence-corrected chi connectivity index (χ1v) is 26.3.